The summed E-state index contributed by atoms with van der Waals surface area (Å²) in [5.41, 5.74) is 1.31. The molecule has 0 aromatic heterocycles. The van der Waals surface area contributed by atoms with Crippen molar-refractivity contribution in [2.45, 2.75) is 71.8 Å². The number of rotatable bonds is 0. The first-order valence-corrected chi connectivity index (χ1v) is 7.52. The van der Waals surface area contributed by atoms with Gasteiger partial charge in [-0.3, -0.25) is 0 Å². The monoisotopic (exact) mass is 236 g/mol. The third kappa shape index (κ3) is 1.54. The van der Waals surface area contributed by atoms with Crippen molar-refractivity contribution >= 4 is 0 Å². The Kier molecular flexibility index (Phi) is 2.47. The zero-order valence-corrected chi connectivity index (χ0v) is 12.0. The lowest BCUT2D eigenvalue weighted by Crippen LogP contribution is -2.55. The largest absolute Gasteiger partial charge is 0.375 e. The maximum Gasteiger partial charge on any atom is 0.0688 e. The quantitative estimate of drug-likeness (QED) is 0.605. The first kappa shape index (κ1) is 12.0. The topological polar surface area (TPSA) is 9.23 Å². The fraction of sp³-hybridized carbons (Fsp3) is 1.00. The van der Waals surface area contributed by atoms with Crippen molar-refractivity contribution in [3.63, 3.8) is 0 Å². The van der Waals surface area contributed by atoms with Crippen LogP contribution in [0.5, 0.6) is 0 Å². The van der Waals surface area contributed by atoms with Gasteiger partial charge in [-0.2, -0.15) is 0 Å². The molecule has 1 nitrogen and oxygen atoms in total. The lowest BCUT2D eigenvalue weighted by molar-refractivity contribution is -0.147. The number of ether oxygens (including phenoxy) is 1. The molecule has 0 N–H and O–H groups in total. The molecule has 3 aliphatic rings. The molecule has 3 rings (SSSR count). The lowest BCUT2D eigenvalue weighted by atomic mass is 9.46. The predicted octanol–water partition coefficient (Wildman–Crippen LogP) is 4.41. The summed E-state index contributed by atoms with van der Waals surface area (Å²) in [5.74, 6) is 1.73. The summed E-state index contributed by atoms with van der Waals surface area (Å²) in [5, 5.41) is 0. The molecule has 0 bridgehead atoms. The zero-order valence-electron chi connectivity index (χ0n) is 12.0. The number of hydrogen-bond acceptors (Lipinski definition) is 1. The molecule has 2 unspecified atom stereocenters. The van der Waals surface area contributed by atoms with Crippen LogP contribution in [0.25, 0.3) is 0 Å². The molecule has 98 valence electrons. The molecule has 1 aliphatic heterocycles. The van der Waals surface area contributed by atoms with E-state index >= 15 is 0 Å². The van der Waals surface area contributed by atoms with E-state index in [2.05, 4.69) is 27.7 Å². The molecular formula is C16H28O. The molecule has 1 saturated heterocycles. The zero-order chi connectivity index (χ0) is 12.3. The second kappa shape index (κ2) is 3.50. The third-order valence-electron chi connectivity index (χ3n) is 6.58. The minimum absolute atomic E-state index is 0.207. The van der Waals surface area contributed by atoms with Crippen molar-refractivity contribution in [2.75, 3.05) is 6.61 Å². The van der Waals surface area contributed by atoms with Crippen molar-refractivity contribution in [2.24, 2.45) is 22.7 Å². The summed E-state index contributed by atoms with van der Waals surface area (Å²) in [4.78, 5) is 0. The van der Waals surface area contributed by atoms with E-state index in [1.807, 2.05) is 0 Å². The van der Waals surface area contributed by atoms with Crippen LogP contribution in [0.2, 0.25) is 0 Å². The maximum atomic E-state index is 6.13. The SMILES string of the molecule is CC1(C)CCC[C@@]2(C)C1CC[C@]1(C)OCCC21. The van der Waals surface area contributed by atoms with E-state index in [-0.39, 0.29) is 5.60 Å². The van der Waals surface area contributed by atoms with Gasteiger partial charge in [0.05, 0.1) is 5.60 Å². The van der Waals surface area contributed by atoms with Gasteiger partial charge in [0.2, 0.25) is 0 Å². The van der Waals surface area contributed by atoms with Gasteiger partial charge >= 0.3 is 0 Å². The van der Waals surface area contributed by atoms with Crippen LogP contribution in [-0.4, -0.2) is 12.2 Å². The fourth-order valence-corrected chi connectivity index (χ4v) is 5.82. The lowest BCUT2D eigenvalue weighted by Gasteiger charge is -2.60. The van der Waals surface area contributed by atoms with Gasteiger partial charge in [0.25, 0.3) is 0 Å². The first-order valence-electron chi connectivity index (χ1n) is 7.52. The van der Waals surface area contributed by atoms with Crippen molar-refractivity contribution < 1.29 is 4.74 Å². The number of fused-ring (bicyclic) bond motifs is 3. The smallest absolute Gasteiger partial charge is 0.0688 e. The van der Waals surface area contributed by atoms with E-state index < -0.39 is 0 Å². The summed E-state index contributed by atoms with van der Waals surface area (Å²) < 4.78 is 6.13. The normalized spacial score (nSPS) is 52.9. The van der Waals surface area contributed by atoms with Gasteiger partial charge in [-0.15, -0.1) is 0 Å². The molecule has 0 amide bonds. The van der Waals surface area contributed by atoms with E-state index in [9.17, 15) is 0 Å². The van der Waals surface area contributed by atoms with Crippen LogP contribution in [0.4, 0.5) is 0 Å². The molecule has 0 radical (unpaired) electrons. The summed E-state index contributed by atoms with van der Waals surface area (Å²) in [6, 6.07) is 0. The van der Waals surface area contributed by atoms with Gasteiger partial charge in [-0.05, 0) is 61.7 Å². The average molecular weight is 236 g/mol. The summed E-state index contributed by atoms with van der Waals surface area (Å²) in [6.45, 7) is 11.0. The molecule has 0 aromatic carbocycles. The van der Waals surface area contributed by atoms with Gasteiger partial charge < -0.3 is 4.74 Å². The van der Waals surface area contributed by atoms with Crippen molar-refractivity contribution in [3.05, 3.63) is 0 Å². The number of hydrogen-bond donors (Lipinski definition) is 0. The van der Waals surface area contributed by atoms with E-state index in [0.29, 0.717) is 10.8 Å². The van der Waals surface area contributed by atoms with Crippen LogP contribution in [0.1, 0.15) is 66.2 Å². The summed E-state index contributed by atoms with van der Waals surface area (Å²) in [6.07, 6.45) is 8.27. The van der Waals surface area contributed by atoms with Crippen molar-refractivity contribution in [1.29, 1.82) is 0 Å². The molecule has 1 heteroatoms. The minimum atomic E-state index is 0.207. The molecule has 17 heavy (non-hydrogen) atoms. The average Bonchev–Trinajstić information content (AvgIpc) is 2.60. The fourth-order valence-electron chi connectivity index (χ4n) is 5.82. The van der Waals surface area contributed by atoms with Gasteiger partial charge in [0.1, 0.15) is 0 Å². The van der Waals surface area contributed by atoms with E-state index in [1.165, 1.54) is 38.5 Å². The highest BCUT2D eigenvalue weighted by Crippen LogP contribution is 2.64. The van der Waals surface area contributed by atoms with E-state index in [0.717, 1.165) is 18.4 Å². The van der Waals surface area contributed by atoms with Crippen LogP contribution >= 0.6 is 0 Å². The Balaban J connectivity index is 1.98. The first-order chi connectivity index (χ1) is 7.89. The summed E-state index contributed by atoms with van der Waals surface area (Å²) >= 11 is 0. The Morgan fingerprint density at radius 1 is 0.882 bits per heavy atom. The van der Waals surface area contributed by atoms with Crippen LogP contribution in [-0.2, 0) is 4.74 Å². The second-order valence-electron chi connectivity index (χ2n) is 7.94. The Morgan fingerprint density at radius 3 is 2.41 bits per heavy atom. The Labute approximate surface area is 106 Å². The second-order valence-corrected chi connectivity index (χ2v) is 7.94. The van der Waals surface area contributed by atoms with Crippen LogP contribution in [0, 0.1) is 22.7 Å². The van der Waals surface area contributed by atoms with E-state index in [4.69, 9.17) is 4.74 Å². The standard InChI is InChI=1S/C16H28O/c1-14(2)8-5-9-15(3)12(14)6-10-16(4)13(15)7-11-17-16/h12-13H,5-11H2,1-4H3/t12?,13?,15-,16-/m0/s1. The molecule has 3 fully saturated rings. The van der Waals surface area contributed by atoms with Gasteiger partial charge in [0, 0.05) is 6.61 Å². The molecule has 2 aliphatic carbocycles. The predicted molar refractivity (Wildman–Crippen MR) is 70.9 cm³/mol. The summed E-state index contributed by atoms with van der Waals surface area (Å²) in [7, 11) is 0. The van der Waals surface area contributed by atoms with Crippen molar-refractivity contribution in [3.8, 4) is 0 Å². The molecule has 0 aromatic rings. The van der Waals surface area contributed by atoms with Crippen molar-refractivity contribution in [1.82, 2.24) is 0 Å². The van der Waals surface area contributed by atoms with Gasteiger partial charge in [-0.25, -0.2) is 0 Å². The molecule has 0 spiro atoms. The van der Waals surface area contributed by atoms with E-state index in [1.54, 1.807) is 0 Å². The van der Waals surface area contributed by atoms with Gasteiger partial charge in [0.15, 0.2) is 0 Å². The van der Waals surface area contributed by atoms with Crippen LogP contribution in [0.3, 0.4) is 0 Å². The highest BCUT2D eigenvalue weighted by atomic mass is 16.5. The third-order valence-corrected chi connectivity index (χ3v) is 6.58. The highest BCUT2D eigenvalue weighted by Gasteiger charge is 2.60. The van der Waals surface area contributed by atoms with Gasteiger partial charge in [-0.1, -0.05) is 27.2 Å². The Hall–Kier alpha value is -0.0400. The Bertz CT molecular complexity index is 317. The molecular weight excluding hydrogens is 208 g/mol. The van der Waals surface area contributed by atoms with Crippen LogP contribution < -0.4 is 0 Å². The maximum absolute atomic E-state index is 6.13. The van der Waals surface area contributed by atoms with Crippen LogP contribution in [0.15, 0.2) is 0 Å². The highest BCUT2D eigenvalue weighted by molar-refractivity contribution is 5.09. The molecule has 2 saturated carbocycles. The molecule has 4 atom stereocenters. The minimum Gasteiger partial charge on any atom is -0.375 e. The molecule has 1 heterocycles. The Morgan fingerprint density at radius 2 is 1.65 bits per heavy atom.